The van der Waals surface area contributed by atoms with Crippen molar-refractivity contribution in [2.24, 2.45) is 5.41 Å². The highest BCUT2D eigenvalue weighted by atomic mass is 16.5. The molecule has 1 atom stereocenters. The third-order valence-electron chi connectivity index (χ3n) is 4.57. The zero-order valence-corrected chi connectivity index (χ0v) is 13.9. The summed E-state index contributed by atoms with van der Waals surface area (Å²) in [5.74, 6) is 0.233. The predicted octanol–water partition coefficient (Wildman–Crippen LogP) is 3.49. The molecule has 0 spiro atoms. The Labute approximate surface area is 137 Å². The highest BCUT2D eigenvalue weighted by molar-refractivity contribution is 6.05. The van der Waals surface area contributed by atoms with Crippen LogP contribution in [-0.2, 0) is 20.7 Å². The monoisotopic (exact) mass is 316 g/mol. The minimum absolute atomic E-state index is 0.0788. The van der Waals surface area contributed by atoms with Gasteiger partial charge in [0.2, 0.25) is 0 Å². The van der Waals surface area contributed by atoms with Crippen molar-refractivity contribution in [2.75, 3.05) is 14.2 Å². The quantitative estimate of drug-likeness (QED) is 0.485. The maximum Gasteiger partial charge on any atom is 0.319 e. The first-order valence-electron chi connectivity index (χ1n) is 7.93. The second kappa shape index (κ2) is 7.44. The summed E-state index contributed by atoms with van der Waals surface area (Å²) >= 11 is 0. The van der Waals surface area contributed by atoms with Crippen LogP contribution in [0.4, 0.5) is 0 Å². The smallest absolute Gasteiger partial charge is 0.319 e. The predicted molar refractivity (Wildman–Crippen MR) is 88.4 cm³/mol. The van der Waals surface area contributed by atoms with Gasteiger partial charge >= 0.3 is 5.97 Å². The molecule has 124 valence electrons. The Kier molecular flexibility index (Phi) is 5.59. The average molecular weight is 316 g/mol. The number of hydrogen-bond acceptors (Lipinski definition) is 4. The van der Waals surface area contributed by atoms with Gasteiger partial charge in [-0.2, -0.15) is 0 Å². The average Bonchev–Trinajstić information content (AvgIpc) is 2.56. The lowest BCUT2D eigenvalue weighted by Gasteiger charge is -2.32. The van der Waals surface area contributed by atoms with Gasteiger partial charge in [-0.1, -0.05) is 30.7 Å². The Balaban J connectivity index is 2.34. The fourth-order valence-corrected chi connectivity index (χ4v) is 3.19. The fraction of sp³-hybridized carbons (Fsp3) is 0.474. The molecule has 4 nitrogen and oxygen atoms in total. The lowest BCUT2D eigenvalue weighted by Crippen LogP contribution is -2.43. The lowest BCUT2D eigenvalue weighted by atomic mass is 9.70. The van der Waals surface area contributed by atoms with Gasteiger partial charge in [0, 0.05) is 6.42 Å². The molecule has 0 aliphatic heterocycles. The summed E-state index contributed by atoms with van der Waals surface area (Å²) in [4.78, 5) is 25.3. The molecule has 1 saturated carbocycles. The van der Waals surface area contributed by atoms with E-state index in [2.05, 4.69) is 6.58 Å². The molecule has 1 aliphatic carbocycles. The molecule has 0 aromatic heterocycles. The third-order valence-corrected chi connectivity index (χ3v) is 4.57. The number of carbonyl (C=O) groups excluding carboxylic acids is 2. The van der Waals surface area contributed by atoms with Gasteiger partial charge in [0.15, 0.2) is 5.78 Å². The molecule has 1 aromatic carbocycles. The number of methoxy groups -OCH3 is 2. The summed E-state index contributed by atoms with van der Waals surface area (Å²) in [7, 11) is 2.95. The Morgan fingerprint density at radius 1 is 1.22 bits per heavy atom. The first-order chi connectivity index (χ1) is 11.0. The molecule has 0 saturated heterocycles. The van der Waals surface area contributed by atoms with E-state index in [1.54, 1.807) is 7.11 Å². The topological polar surface area (TPSA) is 52.6 Å². The molecule has 2 rings (SSSR count). The molecular weight excluding hydrogens is 292 g/mol. The Bertz CT molecular complexity index is 588. The van der Waals surface area contributed by atoms with Crippen LogP contribution in [0.2, 0.25) is 0 Å². The van der Waals surface area contributed by atoms with Gasteiger partial charge in [-0.05, 0) is 43.4 Å². The number of hydrogen-bond donors (Lipinski definition) is 0. The summed E-state index contributed by atoms with van der Waals surface area (Å²) < 4.78 is 10.2. The van der Waals surface area contributed by atoms with Crippen molar-refractivity contribution in [2.45, 2.75) is 38.5 Å². The van der Waals surface area contributed by atoms with E-state index in [0.29, 0.717) is 12.8 Å². The Morgan fingerprint density at radius 3 is 2.52 bits per heavy atom. The maximum absolute atomic E-state index is 12.8. The van der Waals surface area contributed by atoms with Crippen LogP contribution in [0, 0.1) is 5.41 Å². The van der Waals surface area contributed by atoms with Crippen molar-refractivity contribution in [1.82, 2.24) is 0 Å². The second-order valence-electron chi connectivity index (χ2n) is 6.16. The summed E-state index contributed by atoms with van der Waals surface area (Å²) in [6, 6.07) is 7.47. The minimum Gasteiger partial charge on any atom is -0.497 e. The van der Waals surface area contributed by atoms with Gasteiger partial charge < -0.3 is 9.47 Å². The van der Waals surface area contributed by atoms with Gasteiger partial charge in [-0.3, -0.25) is 9.59 Å². The van der Waals surface area contributed by atoms with Gasteiger partial charge in [0.05, 0.1) is 14.2 Å². The molecule has 0 heterocycles. The van der Waals surface area contributed by atoms with Crippen LogP contribution >= 0.6 is 0 Å². The van der Waals surface area contributed by atoms with Gasteiger partial charge in [-0.25, -0.2) is 0 Å². The first-order valence-corrected chi connectivity index (χ1v) is 7.93. The van der Waals surface area contributed by atoms with E-state index in [-0.39, 0.29) is 12.2 Å². The van der Waals surface area contributed by atoms with E-state index in [9.17, 15) is 9.59 Å². The molecule has 23 heavy (non-hydrogen) atoms. The number of carbonyl (C=O) groups is 2. The Hall–Kier alpha value is -2.10. The fourth-order valence-electron chi connectivity index (χ4n) is 3.19. The molecule has 1 unspecified atom stereocenters. The highest BCUT2D eigenvalue weighted by Gasteiger charge is 2.46. The van der Waals surface area contributed by atoms with Gasteiger partial charge in [0.25, 0.3) is 0 Å². The van der Waals surface area contributed by atoms with Crippen LogP contribution in [-0.4, -0.2) is 26.0 Å². The molecule has 0 amide bonds. The highest BCUT2D eigenvalue weighted by Crippen LogP contribution is 2.37. The standard InChI is InChI=1S/C19H24O4/c1-14-6-4-5-11-19(17(20)12-14,18(21)23-3)13-15-7-9-16(22-2)10-8-15/h7-10H,1,4-6,11-13H2,2-3H3. The van der Waals surface area contributed by atoms with Gasteiger partial charge in [0.1, 0.15) is 11.2 Å². The lowest BCUT2D eigenvalue weighted by molar-refractivity contribution is -0.158. The first kappa shape index (κ1) is 17.3. The minimum atomic E-state index is -1.10. The van der Waals surface area contributed by atoms with E-state index >= 15 is 0 Å². The number of rotatable bonds is 4. The zero-order valence-electron chi connectivity index (χ0n) is 13.9. The number of esters is 1. The van der Waals surface area contributed by atoms with Crippen molar-refractivity contribution in [3.05, 3.63) is 42.0 Å². The summed E-state index contributed by atoms with van der Waals surface area (Å²) in [5, 5.41) is 0. The zero-order chi connectivity index (χ0) is 16.9. The number of benzene rings is 1. The van der Waals surface area contributed by atoms with Crippen molar-refractivity contribution >= 4 is 11.8 Å². The number of ketones is 1. The van der Waals surface area contributed by atoms with E-state index in [0.717, 1.165) is 36.1 Å². The SMILES string of the molecule is C=C1CCCCC(Cc2ccc(OC)cc2)(C(=O)OC)C(=O)C1. The summed E-state index contributed by atoms with van der Waals surface area (Å²) in [5.41, 5.74) is 0.723. The molecule has 1 aromatic rings. The molecule has 0 radical (unpaired) electrons. The van der Waals surface area contributed by atoms with Crippen molar-refractivity contribution < 1.29 is 19.1 Å². The number of allylic oxidation sites excluding steroid dienone is 1. The van der Waals surface area contributed by atoms with Crippen LogP contribution in [0.1, 0.15) is 37.7 Å². The summed E-state index contributed by atoms with van der Waals surface area (Å²) in [6.07, 6.45) is 3.76. The molecule has 0 N–H and O–H groups in total. The van der Waals surface area contributed by atoms with E-state index in [1.807, 2.05) is 24.3 Å². The van der Waals surface area contributed by atoms with Crippen molar-refractivity contribution in [1.29, 1.82) is 0 Å². The van der Waals surface area contributed by atoms with Crippen molar-refractivity contribution in [3.8, 4) is 5.75 Å². The molecule has 0 bridgehead atoms. The van der Waals surface area contributed by atoms with E-state index in [4.69, 9.17) is 9.47 Å². The van der Waals surface area contributed by atoms with Crippen LogP contribution < -0.4 is 4.74 Å². The Morgan fingerprint density at radius 2 is 1.91 bits per heavy atom. The maximum atomic E-state index is 12.8. The molecule has 4 heteroatoms. The second-order valence-corrected chi connectivity index (χ2v) is 6.16. The third kappa shape index (κ3) is 3.81. The van der Waals surface area contributed by atoms with Crippen LogP contribution in [0.15, 0.2) is 36.4 Å². The molecule has 1 aliphatic rings. The molecule has 1 fully saturated rings. The van der Waals surface area contributed by atoms with E-state index in [1.165, 1.54) is 7.11 Å². The van der Waals surface area contributed by atoms with E-state index < -0.39 is 11.4 Å². The number of ether oxygens (including phenoxy) is 2. The number of Topliss-reactive ketones (excluding diaryl/α,β-unsaturated/α-hetero) is 1. The summed E-state index contributed by atoms with van der Waals surface area (Å²) in [6.45, 7) is 3.96. The van der Waals surface area contributed by atoms with Gasteiger partial charge in [-0.15, -0.1) is 0 Å². The van der Waals surface area contributed by atoms with Crippen LogP contribution in [0.5, 0.6) is 5.75 Å². The van der Waals surface area contributed by atoms with Crippen molar-refractivity contribution in [3.63, 3.8) is 0 Å². The normalized spacial score (nSPS) is 22.2. The largest absolute Gasteiger partial charge is 0.497 e. The van der Waals surface area contributed by atoms with Crippen LogP contribution in [0.25, 0.3) is 0 Å². The van der Waals surface area contributed by atoms with Crippen LogP contribution in [0.3, 0.4) is 0 Å². The molecular formula is C19H24O4.